The normalized spacial score (nSPS) is 24.0. The molecule has 7 rings (SSSR count). The number of carboxylic acid groups (broad SMARTS) is 1. The van der Waals surface area contributed by atoms with E-state index in [0.29, 0.717) is 28.9 Å². The molecule has 2 aromatic carbocycles. The molecule has 1 amide bonds. The molecule has 204 valence electrons. The standard InChI is InChI=1S/C31H28F2N4O3/c1-16-19-7-2-3-8-20(19)25(33)15-36(16)30(38)27-13-28(17-5-4-6-17)37-29(34-27)14-26(35-37)21-10-9-18(11-24(21)32)22-12-23(22)31(39)40/h2-3,7-11,13-14,16-17,22-23,25H,4-6,12,15H2,1H3,(H,39,40)/t16-,22-,23+,25-/m1/s1. The van der Waals surface area contributed by atoms with E-state index >= 15 is 8.78 Å². The highest BCUT2D eigenvalue weighted by molar-refractivity contribution is 5.93. The number of amides is 1. The van der Waals surface area contributed by atoms with Crippen molar-refractivity contribution < 1.29 is 23.5 Å². The molecule has 0 radical (unpaired) electrons. The van der Waals surface area contributed by atoms with Gasteiger partial charge in [0.1, 0.15) is 17.7 Å². The predicted octanol–water partition coefficient (Wildman–Crippen LogP) is 6.22. The van der Waals surface area contributed by atoms with Crippen molar-refractivity contribution in [3.05, 3.63) is 88.5 Å². The smallest absolute Gasteiger partial charge is 0.307 e. The van der Waals surface area contributed by atoms with Crippen molar-refractivity contribution >= 4 is 17.5 Å². The van der Waals surface area contributed by atoms with Crippen LogP contribution in [-0.2, 0) is 4.79 Å². The predicted molar refractivity (Wildman–Crippen MR) is 143 cm³/mol. The van der Waals surface area contributed by atoms with E-state index in [4.69, 9.17) is 0 Å². The summed E-state index contributed by atoms with van der Waals surface area (Å²) in [7, 11) is 0. The number of nitrogens with zero attached hydrogens (tertiary/aromatic N) is 4. The van der Waals surface area contributed by atoms with Crippen LogP contribution in [0.15, 0.2) is 54.6 Å². The first-order valence-electron chi connectivity index (χ1n) is 13.8. The molecule has 0 unspecified atom stereocenters. The zero-order chi connectivity index (χ0) is 27.7. The summed E-state index contributed by atoms with van der Waals surface area (Å²) in [6.07, 6.45) is 2.22. The van der Waals surface area contributed by atoms with E-state index in [1.54, 1.807) is 34.8 Å². The van der Waals surface area contributed by atoms with Gasteiger partial charge in [0.25, 0.3) is 5.91 Å². The molecule has 0 saturated heterocycles. The van der Waals surface area contributed by atoms with Crippen LogP contribution in [-0.4, -0.2) is 43.0 Å². The number of halogens is 2. The summed E-state index contributed by atoms with van der Waals surface area (Å²) >= 11 is 0. The first-order valence-corrected chi connectivity index (χ1v) is 13.8. The van der Waals surface area contributed by atoms with Crippen LogP contribution >= 0.6 is 0 Å². The fraction of sp³-hybridized carbons (Fsp3) is 0.355. The maximum absolute atomic E-state index is 15.3. The zero-order valence-corrected chi connectivity index (χ0v) is 21.9. The second-order valence-corrected chi connectivity index (χ2v) is 11.2. The average Bonchev–Trinajstić information content (AvgIpc) is 3.61. The Bertz CT molecular complexity index is 1680. The van der Waals surface area contributed by atoms with E-state index in [9.17, 15) is 14.7 Å². The summed E-state index contributed by atoms with van der Waals surface area (Å²) in [5.41, 5.74) is 4.25. The molecule has 9 heteroatoms. The molecule has 40 heavy (non-hydrogen) atoms. The van der Waals surface area contributed by atoms with E-state index in [0.717, 1.165) is 30.5 Å². The maximum Gasteiger partial charge on any atom is 0.307 e. The van der Waals surface area contributed by atoms with Crippen LogP contribution in [0.4, 0.5) is 8.78 Å². The third-order valence-corrected chi connectivity index (χ3v) is 8.87. The second-order valence-electron chi connectivity index (χ2n) is 11.2. The fourth-order valence-electron chi connectivity index (χ4n) is 6.22. The zero-order valence-electron chi connectivity index (χ0n) is 21.9. The molecule has 3 aliphatic rings. The van der Waals surface area contributed by atoms with Gasteiger partial charge in [-0.2, -0.15) is 5.10 Å². The number of carbonyl (C=O) groups is 2. The quantitative estimate of drug-likeness (QED) is 0.324. The first-order chi connectivity index (χ1) is 19.3. The Morgan fingerprint density at radius 2 is 1.82 bits per heavy atom. The summed E-state index contributed by atoms with van der Waals surface area (Å²) in [4.78, 5) is 31.2. The van der Waals surface area contributed by atoms with Gasteiger partial charge in [-0.3, -0.25) is 9.59 Å². The summed E-state index contributed by atoms with van der Waals surface area (Å²) < 4.78 is 32.0. The van der Waals surface area contributed by atoms with Gasteiger partial charge in [0, 0.05) is 23.2 Å². The van der Waals surface area contributed by atoms with Gasteiger partial charge in [-0.25, -0.2) is 18.3 Å². The van der Waals surface area contributed by atoms with Crippen LogP contribution in [0.1, 0.15) is 89.5 Å². The number of carbonyl (C=O) groups excluding carboxylic acids is 1. The summed E-state index contributed by atoms with van der Waals surface area (Å²) in [6.45, 7) is 1.85. The number of aromatic nitrogens is 3. The number of benzene rings is 2. The fourth-order valence-corrected chi connectivity index (χ4v) is 6.22. The number of hydrogen-bond donors (Lipinski definition) is 1. The average molecular weight is 543 g/mol. The van der Waals surface area contributed by atoms with E-state index in [1.165, 1.54) is 11.0 Å². The molecule has 2 fully saturated rings. The topological polar surface area (TPSA) is 87.8 Å². The molecule has 2 aliphatic carbocycles. The Balaban J connectivity index is 1.25. The number of alkyl halides is 1. The van der Waals surface area contributed by atoms with Crippen molar-refractivity contribution in [1.82, 2.24) is 19.5 Å². The minimum absolute atomic E-state index is 0.0472. The highest BCUT2D eigenvalue weighted by Gasteiger charge is 2.44. The monoisotopic (exact) mass is 542 g/mol. The Morgan fingerprint density at radius 3 is 2.50 bits per heavy atom. The molecule has 0 bridgehead atoms. The van der Waals surface area contributed by atoms with Crippen molar-refractivity contribution in [2.75, 3.05) is 6.54 Å². The summed E-state index contributed by atoms with van der Waals surface area (Å²) in [5, 5.41) is 13.9. The second kappa shape index (κ2) is 9.21. The van der Waals surface area contributed by atoms with Gasteiger partial charge in [0.15, 0.2) is 5.65 Å². The lowest BCUT2D eigenvalue weighted by Crippen LogP contribution is -2.40. The molecule has 3 heterocycles. The van der Waals surface area contributed by atoms with Gasteiger partial charge in [0.05, 0.1) is 24.2 Å². The van der Waals surface area contributed by atoms with E-state index in [1.807, 2.05) is 25.1 Å². The SMILES string of the molecule is C[C@@H]1c2ccccc2[C@H](F)CN1C(=O)c1cc(C2CCC2)n2nc(-c3ccc([C@H]4C[C@@H]4C(=O)O)cc3F)cc2n1. The third-order valence-electron chi connectivity index (χ3n) is 8.87. The first kappa shape index (κ1) is 24.9. The van der Waals surface area contributed by atoms with Crippen molar-refractivity contribution in [2.45, 2.75) is 56.7 Å². The van der Waals surface area contributed by atoms with Crippen molar-refractivity contribution in [1.29, 1.82) is 0 Å². The molecule has 4 atom stereocenters. The minimum atomic E-state index is -1.28. The molecule has 7 nitrogen and oxygen atoms in total. The summed E-state index contributed by atoms with van der Waals surface area (Å²) in [5.74, 6) is -2.12. The van der Waals surface area contributed by atoms with Gasteiger partial charge < -0.3 is 10.0 Å². The van der Waals surface area contributed by atoms with E-state index in [-0.39, 0.29) is 41.6 Å². The lowest BCUT2D eigenvalue weighted by Gasteiger charge is -2.37. The van der Waals surface area contributed by atoms with Crippen molar-refractivity contribution in [3.63, 3.8) is 0 Å². The highest BCUT2D eigenvalue weighted by atomic mass is 19.1. The van der Waals surface area contributed by atoms with Crippen LogP contribution in [0.25, 0.3) is 16.9 Å². The summed E-state index contributed by atoms with van der Waals surface area (Å²) in [6, 6.07) is 15.2. The highest BCUT2D eigenvalue weighted by Crippen LogP contribution is 2.48. The lowest BCUT2D eigenvalue weighted by atomic mass is 9.82. The van der Waals surface area contributed by atoms with Gasteiger partial charge >= 0.3 is 5.97 Å². The number of fused-ring (bicyclic) bond motifs is 2. The lowest BCUT2D eigenvalue weighted by molar-refractivity contribution is -0.138. The van der Waals surface area contributed by atoms with Crippen molar-refractivity contribution in [3.8, 4) is 11.3 Å². The Kier molecular flexibility index (Phi) is 5.73. The molecular weight excluding hydrogens is 514 g/mol. The van der Waals surface area contributed by atoms with E-state index < -0.39 is 23.9 Å². The Labute approximate surface area is 229 Å². The Hall–Kier alpha value is -4.14. The van der Waals surface area contributed by atoms with Crippen LogP contribution < -0.4 is 0 Å². The van der Waals surface area contributed by atoms with Crippen LogP contribution in [0, 0.1) is 11.7 Å². The number of rotatable bonds is 5. The van der Waals surface area contributed by atoms with Crippen LogP contribution in [0.2, 0.25) is 0 Å². The molecular formula is C31H28F2N4O3. The largest absolute Gasteiger partial charge is 0.481 e. The molecule has 1 aliphatic heterocycles. The van der Waals surface area contributed by atoms with Crippen LogP contribution in [0.5, 0.6) is 0 Å². The minimum Gasteiger partial charge on any atom is -0.481 e. The molecule has 2 aromatic heterocycles. The number of hydrogen-bond acceptors (Lipinski definition) is 4. The van der Waals surface area contributed by atoms with Gasteiger partial charge in [0.2, 0.25) is 0 Å². The van der Waals surface area contributed by atoms with Gasteiger partial charge in [-0.1, -0.05) is 36.8 Å². The van der Waals surface area contributed by atoms with Crippen molar-refractivity contribution in [2.24, 2.45) is 5.92 Å². The molecule has 0 spiro atoms. The van der Waals surface area contributed by atoms with E-state index in [2.05, 4.69) is 10.1 Å². The molecule has 1 N–H and O–H groups in total. The van der Waals surface area contributed by atoms with Crippen LogP contribution in [0.3, 0.4) is 0 Å². The Morgan fingerprint density at radius 1 is 1.05 bits per heavy atom. The van der Waals surface area contributed by atoms with Gasteiger partial charge in [-0.15, -0.1) is 0 Å². The number of carboxylic acids is 1. The maximum atomic E-state index is 15.3. The number of aliphatic carboxylic acids is 1. The van der Waals surface area contributed by atoms with Gasteiger partial charge in [-0.05, 0) is 67.0 Å². The third kappa shape index (κ3) is 3.98. The molecule has 2 saturated carbocycles. The molecule has 4 aromatic rings.